The molecule has 8 heteroatoms. The van der Waals surface area contributed by atoms with E-state index in [1.807, 2.05) is 4.57 Å². The lowest BCUT2D eigenvalue weighted by Crippen LogP contribution is -2.46. The first-order valence-corrected chi connectivity index (χ1v) is 8.03. The zero-order chi connectivity index (χ0) is 15.8. The lowest BCUT2D eigenvalue weighted by atomic mass is 9.67. The van der Waals surface area contributed by atoms with E-state index in [-0.39, 0.29) is 24.0 Å². The van der Waals surface area contributed by atoms with Crippen LogP contribution in [-0.2, 0) is 17.8 Å². The summed E-state index contributed by atoms with van der Waals surface area (Å²) in [6, 6.07) is 0. The van der Waals surface area contributed by atoms with E-state index in [0.29, 0.717) is 12.0 Å². The highest BCUT2D eigenvalue weighted by Crippen LogP contribution is 2.43. The predicted octanol–water partition coefficient (Wildman–Crippen LogP) is 1.79. The summed E-state index contributed by atoms with van der Waals surface area (Å²) in [6.07, 6.45) is 6.71. The van der Waals surface area contributed by atoms with Crippen molar-refractivity contribution in [1.82, 2.24) is 25.4 Å². The molecule has 1 fully saturated rings. The minimum Gasteiger partial charge on any atom is -0.385 e. The second kappa shape index (κ2) is 10.1. The van der Waals surface area contributed by atoms with Gasteiger partial charge in [0.2, 0.25) is 0 Å². The van der Waals surface area contributed by atoms with Crippen molar-refractivity contribution in [3.8, 4) is 0 Å². The molecule has 0 aliphatic heterocycles. The van der Waals surface area contributed by atoms with E-state index in [9.17, 15) is 0 Å². The SMILES string of the molecule is CCn1cnnc1CNC(=NC)NCC1(CCOC)CCC1.I. The Morgan fingerprint density at radius 1 is 1.43 bits per heavy atom. The number of hydrogen-bond acceptors (Lipinski definition) is 4. The van der Waals surface area contributed by atoms with Crippen molar-refractivity contribution in [3.05, 3.63) is 12.2 Å². The van der Waals surface area contributed by atoms with Crippen LogP contribution in [0, 0.1) is 5.41 Å². The van der Waals surface area contributed by atoms with E-state index in [2.05, 4.69) is 32.7 Å². The fourth-order valence-corrected chi connectivity index (χ4v) is 2.85. The highest BCUT2D eigenvalue weighted by Gasteiger charge is 2.36. The second-order valence-corrected chi connectivity index (χ2v) is 5.91. The molecule has 0 radical (unpaired) electrons. The van der Waals surface area contributed by atoms with Gasteiger partial charge in [0.1, 0.15) is 6.33 Å². The third kappa shape index (κ3) is 5.59. The molecule has 23 heavy (non-hydrogen) atoms. The molecule has 0 saturated heterocycles. The number of aromatic nitrogens is 3. The number of aliphatic imine (C=N–C) groups is 1. The summed E-state index contributed by atoms with van der Waals surface area (Å²) in [4.78, 5) is 4.29. The van der Waals surface area contributed by atoms with Crippen LogP contribution in [0.1, 0.15) is 38.4 Å². The van der Waals surface area contributed by atoms with E-state index in [0.717, 1.165) is 37.9 Å². The summed E-state index contributed by atoms with van der Waals surface area (Å²) < 4.78 is 7.26. The largest absolute Gasteiger partial charge is 0.385 e. The van der Waals surface area contributed by atoms with Crippen LogP contribution in [0.2, 0.25) is 0 Å². The van der Waals surface area contributed by atoms with Gasteiger partial charge in [0.05, 0.1) is 6.54 Å². The van der Waals surface area contributed by atoms with Crippen molar-refractivity contribution < 1.29 is 4.74 Å². The Bertz CT molecular complexity index is 486. The van der Waals surface area contributed by atoms with Gasteiger partial charge in [-0.25, -0.2) is 0 Å². The Labute approximate surface area is 155 Å². The van der Waals surface area contributed by atoms with Gasteiger partial charge in [-0.05, 0) is 31.6 Å². The molecule has 0 unspecified atom stereocenters. The van der Waals surface area contributed by atoms with Gasteiger partial charge < -0.3 is 19.9 Å². The van der Waals surface area contributed by atoms with E-state index >= 15 is 0 Å². The minimum absolute atomic E-state index is 0. The van der Waals surface area contributed by atoms with Crippen molar-refractivity contribution >= 4 is 29.9 Å². The molecule has 1 aromatic heterocycles. The number of nitrogens with one attached hydrogen (secondary N) is 2. The number of hydrogen-bond donors (Lipinski definition) is 2. The third-order valence-electron chi connectivity index (χ3n) is 4.56. The second-order valence-electron chi connectivity index (χ2n) is 5.91. The first-order valence-electron chi connectivity index (χ1n) is 8.03. The van der Waals surface area contributed by atoms with Crippen molar-refractivity contribution in [2.75, 3.05) is 27.3 Å². The van der Waals surface area contributed by atoms with E-state index in [1.165, 1.54) is 19.3 Å². The summed E-state index contributed by atoms with van der Waals surface area (Å²) in [6.45, 7) is 5.34. The lowest BCUT2D eigenvalue weighted by molar-refractivity contribution is 0.0732. The van der Waals surface area contributed by atoms with Gasteiger partial charge in [-0.1, -0.05) is 6.42 Å². The smallest absolute Gasteiger partial charge is 0.191 e. The maximum absolute atomic E-state index is 5.24. The highest BCUT2D eigenvalue weighted by atomic mass is 127. The number of ether oxygens (including phenoxy) is 1. The Balaban J connectivity index is 0.00000264. The summed E-state index contributed by atoms with van der Waals surface area (Å²) in [5.41, 5.74) is 0.372. The Morgan fingerprint density at radius 3 is 2.78 bits per heavy atom. The maximum atomic E-state index is 5.24. The van der Waals surface area contributed by atoms with Crippen molar-refractivity contribution in [2.45, 2.75) is 45.7 Å². The van der Waals surface area contributed by atoms with Gasteiger partial charge in [0.25, 0.3) is 0 Å². The topological polar surface area (TPSA) is 76.4 Å². The maximum Gasteiger partial charge on any atom is 0.191 e. The molecule has 0 atom stereocenters. The molecular formula is C15H29IN6O. The molecule has 1 aliphatic carbocycles. The van der Waals surface area contributed by atoms with Gasteiger partial charge in [-0.2, -0.15) is 0 Å². The van der Waals surface area contributed by atoms with Crippen LogP contribution >= 0.6 is 24.0 Å². The zero-order valence-electron chi connectivity index (χ0n) is 14.3. The number of methoxy groups -OCH3 is 1. The number of halogens is 1. The zero-order valence-corrected chi connectivity index (χ0v) is 16.7. The van der Waals surface area contributed by atoms with Crippen LogP contribution in [0.3, 0.4) is 0 Å². The van der Waals surface area contributed by atoms with Gasteiger partial charge >= 0.3 is 0 Å². The normalized spacial score (nSPS) is 16.4. The van der Waals surface area contributed by atoms with Gasteiger partial charge in [0, 0.05) is 33.9 Å². The number of nitrogens with zero attached hydrogens (tertiary/aromatic N) is 4. The number of guanidine groups is 1. The molecule has 1 saturated carbocycles. The summed E-state index contributed by atoms with van der Waals surface area (Å²) in [5, 5.41) is 14.8. The molecule has 2 rings (SSSR count). The molecule has 0 spiro atoms. The van der Waals surface area contributed by atoms with Crippen LogP contribution in [0.5, 0.6) is 0 Å². The van der Waals surface area contributed by atoms with Crippen LogP contribution in [0.15, 0.2) is 11.3 Å². The summed E-state index contributed by atoms with van der Waals surface area (Å²) in [5.74, 6) is 1.73. The quantitative estimate of drug-likeness (QED) is 0.369. The van der Waals surface area contributed by atoms with Gasteiger partial charge in [-0.3, -0.25) is 4.99 Å². The van der Waals surface area contributed by atoms with Crippen LogP contribution in [0.25, 0.3) is 0 Å². The third-order valence-corrected chi connectivity index (χ3v) is 4.56. The highest BCUT2D eigenvalue weighted by molar-refractivity contribution is 14.0. The van der Waals surface area contributed by atoms with E-state index < -0.39 is 0 Å². The van der Waals surface area contributed by atoms with Crippen molar-refractivity contribution in [3.63, 3.8) is 0 Å². The molecule has 2 N–H and O–H groups in total. The summed E-state index contributed by atoms with van der Waals surface area (Å²) >= 11 is 0. The molecule has 1 heterocycles. The molecule has 0 bridgehead atoms. The van der Waals surface area contributed by atoms with Crippen LogP contribution in [0.4, 0.5) is 0 Å². The van der Waals surface area contributed by atoms with Gasteiger partial charge in [0.15, 0.2) is 11.8 Å². The Hall–Kier alpha value is -0.900. The molecule has 7 nitrogen and oxygen atoms in total. The molecule has 0 amide bonds. The summed E-state index contributed by atoms with van der Waals surface area (Å²) in [7, 11) is 3.56. The van der Waals surface area contributed by atoms with E-state index in [4.69, 9.17) is 4.74 Å². The molecular weight excluding hydrogens is 407 g/mol. The average molecular weight is 436 g/mol. The minimum atomic E-state index is 0. The fourth-order valence-electron chi connectivity index (χ4n) is 2.85. The van der Waals surface area contributed by atoms with Gasteiger partial charge in [-0.15, -0.1) is 34.2 Å². The first kappa shape index (κ1) is 20.1. The van der Waals surface area contributed by atoms with Crippen LogP contribution in [-0.4, -0.2) is 48.0 Å². The molecule has 0 aromatic carbocycles. The average Bonchev–Trinajstić information content (AvgIpc) is 2.96. The van der Waals surface area contributed by atoms with Crippen LogP contribution < -0.4 is 10.6 Å². The Morgan fingerprint density at radius 2 is 2.22 bits per heavy atom. The molecule has 132 valence electrons. The van der Waals surface area contributed by atoms with Crippen molar-refractivity contribution in [1.29, 1.82) is 0 Å². The Kier molecular flexibility index (Phi) is 8.82. The van der Waals surface area contributed by atoms with Crippen molar-refractivity contribution in [2.24, 2.45) is 10.4 Å². The monoisotopic (exact) mass is 436 g/mol. The lowest BCUT2D eigenvalue weighted by Gasteiger charge is -2.42. The molecule has 1 aromatic rings. The number of rotatable bonds is 8. The first-order chi connectivity index (χ1) is 10.7. The predicted molar refractivity (Wildman–Crippen MR) is 102 cm³/mol. The molecule has 1 aliphatic rings. The number of aryl methyl sites for hydroxylation is 1. The fraction of sp³-hybridized carbons (Fsp3) is 0.800. The standard InChI is InChI=1S/C15H28N6O.HI/c1-4-21-12-19-20-13(21)10-17-14(16-2)18-11-15(6-5-7-15)8-9-22-3;/h12H,4-11H2,1-3H3,(H2,16,17,18);1H. The van der Waals surface area contributed by atoms with E-state index in [1.54, 1.807) is 20.5 Å².